The van der Waals surface area contributed by atoms with Crippen LogP contribution in [0.15, 0.2) is 82.5 Å². The maximum absolute atomic E-state index is 13.6. The molecule has 1 aromatic heterocycles. The lowest BCUT2D eigenvalue weighted by Gasteiger charge is -2.18. The van der Waals surface area contributed by atoms with Crippen molar-refractivity contribution in [3.05, 3.63) is 99.3 Å². The van der Waals surface area contributed by atoms with Crippen molar-refractivity contribution in [2.45, 2.75) is 0 Å². The van der Waals surface area contributed by atoms with Gasteiger partial charge in [0, 0.05) is 18.0 Å². The number of benzene rings is 3. The molecule has 37 heavy (non-hydrogen) atoms. The Morgan fingerprint density at radius 1 is 0.919 bits per heavy atom. The summed E-state index contributed by atoms with van der Waals surface area (Å²) in [5, 5.41) is 2.35. The van der Waals surface area contributed by atoms with Gasteiger partial charge in [-0.1, -0.05) is 24.3 Å². The van der Waals surface area contributed by atoms with Gasteiger partial charge in [0.1, 0.15) is 24.8 Å². The van der Waals surface area contributed by atoms with E-state index in [9.17, 15) is 18.8 Å². The minimum Gasteiger partial charge on any atom is -0.490 e. The first-order valence-electron chi connectivity index (χ1n) is 11.4. The van der Waals surface area contributed by atoms with Crippen molar-refractivity contribution in [2.75, 3.05) is 13.2 Å². The number of nitrogens with zero attached hydrogens (tertiary/aromatic N) is 1. The number of carbonyl (C=O) groups excluding carboxylic acids is 2. The highest BCUT2D eigenvalue weighted by molar-refractivity contribution is 8.18. The zero-order chi connectivity index (χ0) is 25.9. The fourth-order valence-corrected chi connectivity index (χ4v) is 4.75. The number of amides is 2. The van der Waals surface area contributed by atoms with Crippen LogP contribution in [0.4, 0.5) is 9.18 Å². The lowest BCUT2D eigenvalue weighted by Crippen LogP contribution is -2.18. The Kier molecular flexibility index (Phi) is 6.78. The predicted molar refractivity (Wildman–Crippen MR) is 141 cm³/mol. The van der Waals surface area contributed by atoms with E-state index in [4.69, 9.17) is 9.47 Å². The summed E-state index contributed by atoms with van der Waals surface area (Å²) in [6.07, 6.45) is 1.63. The molecule has 2 heterocycles. The number of thioether (sulfide) groups is 1. The molecule has 0 aliphatic carbocycles. The quantitative estimate of drug-likeness (QED) is 0.271. The van der Waals surface area contributed by atoms with Crippen molar-refractivity contribution in [1.29, 1.82) is 0 Å². The van der Waals surface area contributed by atoms with E-state index in [2.05, 4.69) is 5.32 Å². The Bertz CT molecular complexity index is 1590. The molecule has 0 spiro atoms. The average Bonchev–Trinajstić information content (AvgIpc) is 3.22. The third-order valence-electron chi connectivity index (χ3n) is 5.80. The molecule has 1 aliphatic rings. The monoisotopic (exact) mass is 516 g/mol. The second-order valence-corrected chi connectivity index (χ2v) is 9.22. The van der Waals surface area contributed by atoms with Crippen LogP contribution in [0.3, 0.4) is 0 Å². The zero-order valence-electron chi connectivity index (χ0n) is 19.7. The first kappa shape index (κ1) is 24.3. The van der Waals surface area contributed by atoms with E-state index in [-0.39, 0.29) is 35.4 Å². The van der Waals surface area contributed by atoms with Crippen LogP contribution < -0.4 is 20.2 Å². The Morgan fingerprint density at radius 2 is 1.62 bits per heavy atom. The first-order chi connectivity index (χ1) is 17.9. The number of carbonyl (C=O) groups is 2. The van der Waals surface area contributed by atoms with Crippen LogP contribution in [0.2, 0.25) is 0 Å². The van der Waals surface area contributed by atoms with Crippen LogP contribution in [0.25, 0.3) is 28.2 Å². The van der Waals surface area contributed by atoms with E-state index in [1.54, 1.807) is 54.6 Å². The molecule has 0 unspecified atom stereocenters. The second-order valence-electron chi connectivity index (χ2n) is 8.21. The molecule has 0 saturated carbocycles. The van der Waals surface area contributed by atoms with Crippen LogP contribution in [-0.4, -0.2) is 28.9 Å². The molecule has 1 N–H and O–H groups in total. The van der Waals surface area contributed by atoms with E-state index in [0.29, 0.717) is 27.3 Å². The average molecular weight is 517 g/mol. The topological polar surface area (TPSA) is 86.6 Å². The summed E-state index contributed by atoms with van der Waals surface area (Å²) in [5.74, 6) is -0.0329. The second kappa shape index (κ2) is 10.3. The van der Waals surface area contributed by atoms with E-state index < -0.39 is 5.91 Å². The molecule has 2 amide bonds. The highest BCUT2D eigenvalue weighted by atomic mass is 32.2. The fraction of sp³-hybridized carbons (Fsp3) is 0.107. The van der Waals surface area contributed by atoms with Gasteiger partial charge in [-0.25, -0.2) is 4.39 Å². The molecule has 1 fully saturated rings. The van der Waals surface area contributed by atoms with Gasteiger partial charge in [0.15, 0.2) is 5.75 Å². The molecule has 3 aromatic carbocycles. The summed E-state index contributed by atoms with van der Waals surface area (Å²) >= 11 is 0.858. The maximum atomic E-state index is 13.6. The molecule has 5 rings (SSSR count). The smallest absolute Gasteiger partial charge is 0.290 e. The molecule has 0 bridgehead atoms. The predicted octanol–water partition coefficient (Wildman–Crippen LogP) is 5.13. The van der Waals surface area contributed by atoms with Crippen molar-refractivity contribution in [1.82, 2.24) is 9.88 Å². The van der Waals surface area contributed by atoms with Crippen molar-refractivity contribution < 1.29 is 23.5 Å². The Hall–Kier alpha value is -4.37. The molecule has 0 radical (unpaired) electrons. The molecule has 1 aliphatic heterocycles. The van der Waals surface area contributed by atoms with Crippen LogP contribution in [0, 0.1) is 5.82 Å². The van der Waals surface area contributed by atoms with E-state index in [0.717, 1.165) is 22.8 Å². The number of fused-ring (bicyclic) bond motifs is 1. The minimum atomic E-state index is -0.410. The van der Waals surface area contributed by atoms with Crippen molar-refractivity contribution in [3.8, 4) is 22.8 Å². The summed E-state index contributed by atoms with van der Waals surface area (Å²) in [6, 6.07) is 20.2. The number of ether oxygens (including phenoxy) is 2. The minimum absolute atomic E-state index is 0.104. The van der Waals surface area contributed by atoms with Crippen molar-refractivity contribution in [3.63, 3.8) is 0 Å². The lowest BCUT2D eigenvalue weighted by molar-refractivity contribution is -0.115. The van der Waals surface area contributed by atoms with Crippen molar-refractivity contribution >= 4 is 39.9 Å². The zero-order valence-corrected chi connectivity index (χ0v) is 20.5. The van der Waals surface area contributed by atoms with Gasteiger partial charge in [-0.15, -0.1) is 0 Å². The van der Waals surface area contributed by atoms with E-state index in [1.165, 1.54) is 12.1 Å². The van der Waals surface area contributed by atoms with Gasteiger partial charge in [0.25, 0.3) is 11.1 Å². The Morgan fingerprint density at radius 3 is 2.32 bits per heavy atom. The molecular formula is C28H21FN2O5S. The first-order valence-corrected chi connectivity index (χ1v) is 12.2. The van der Waals surface area contributed by atoms with Crippen LogP contribution in [-0.2, 0) is 11.8 Å². The van der Waals surface area contributed by atoms with Gasteiger partial charge in [0.2, 0.25) is 5.43 Å². The molecular weight excluding hydrogens is 495 g/mol. The summed E-state index contributed by atoms with van der Waals surface area (Å²) in [5.41, 5.74) is 2.44. The molecule has 186 valence electrons. The molecule has 1 saturated heterocycles. The molecule has 4 aromatic rings. The fourth-order valence-electron chi connectivity index (χ4n) is 4.06. The number of para-hydroxylation sites is 1. The van der Waals surface area contributed by atoms with Gasteiger partial charge in [-0.3, -0.25) is 19.7 Å². The number of nitrogens with one attached hydrogen (secondary N) is 1. The number of halogens is 1. The number of hydrogen-bond acceptors (Lipinski definition) is 6. The van der Waals surface area contributed by atoms with E-state index in [1.807, 2.05) is 23.7 Å². The number of aryl methyl sites for hydroxylation is 1. The Balaban J connectivity index is 1.32. The summed E-state index contributed by atoms with van der Waals surface area (Å²) in [4.78, 5) is 36.6. The lowest BCUT2D eigenvalue weighted by atomic mass is 10.1. The number of aromatic nitrogens is 1. The van der Waals surface area contributed by atoms with Crippen LogP contribution in [0.1, 0.15) is 5.56 Å². The van der Waals surface area contributed by atoms with Gasteiger partial charge in [-0.2, -0.15) is 0 Å². The summed E-state index contributed by atoms with van der Waals surface area (Å²) < 4.78 is 27.1. The molecule has 9 heteroatoms. The Labute approximate surface area is 215 Å². The maximum Gasteiger partial charge on any atom is 0.290 e. The van der Waals surface area contributed by atoms with Crippen molar-refractivity contribution in [2.24, 2.45) is 7.05 Å². The van der Waals surface area contributed by atoms with Crippen LogP contribution >= 0.6 is 11.8 Å². The normalized spacial score (nSPS) is 14.3. The van der Waals surface area contributed by atoms with Gasteiger partial charge >= 0.3 is 0 Å². The number of imide groups is 1. The summed E-state index contributed by atoms with van der Waals surface area (Å²) in [6.45, 7) is 0.276. The van der Waals surface area contributed by atoms with Gasteiger partial charge < -0.3 is 14.0 Å². The van der Waals surface area contributed by atoms with Gasteiger partial charge in [-0.05, 0) is 71.9 Å². The van der Waals surface area contributed by atoms with Crippen LogP contribution in [0.5, 0.6) is 11.5 Å². The largest absolute Gasteiger partial charge is 0.490 e. The third-order valence-corrected chi connectivity index (χ3v) is 6.61. The number of hydrogen-bond donors (Lipinski definition) is 1. The van der Waals surface area contributed by atoms with E-state index >= 15 is 0 Å². The number of rotatable bonds is 7. The third kappa shape index (κ3) is 5.12. The highest BCUT2D eigenvalue weighted by Gasteiger charge is 2.25. The number of pyridine rings is 1. The molecule has 0 atom stereocenters. The molecule has 7 nitrogen and oxygen atoms in total. The highest BCUT2D eigenvalue weighted by Crippen LogP contribution is 2.31. The standard InChI is InChI=1S/C28H21FN2O5S/c1-31-22-5-3-2-4-21(22)25(32)26(24(31)18-8-10-19(29)11-9-18)36-15-14-35-20-12-6-17(7-13-20)16-23-27(33)30-28(34)37-23/h2-13,16H,14-15H2,1H3,(H,30,33,34)/b23-16+. The van der Waals surface area contributed by atoms with Gasteiger partial charge in [0.05, 0.1) is 16.1 Å². The summed E-state index contributed by atoms with van der Waals surface area (Å²) in [7, 11) is 1.84. The SMILES string of the molecule is Cn1c(-c2ccc(F)cc2)c(OCCOc2ccc(/C=C3/SC(=O)NC3=O)cc2)c(=O)c2ccccc21.